The van der Waals surface area contributed by atoms with Crippen molar-refractivity contribution in [2.24, 2.45) is 16.6 Å². The van der Waals surface area contributed by atoms with Gasteiger partial charge in [0.15, 0.2) is 0 Å². The number of aryl methyl sites for hydroxylation is 1. The molecule has 1 aromatic rings. The molecule has 1 aromatic carbocycles. The van der Waals surface area contributed by atoms with E-state index in [4.69, 9.17) is 10.5 Å². The highest BCUT2D eigenvalue weighted by Crippen LogP contribution is 2.25. The van der Waals surface area contributed by atoms with Crippen molar-refractivity contribution in [1.82, 2.24) is 0 Å². The molecule has 23 heavy (non-hydrogen) atoms. The molecule has 1 saturated carbocycles. The van der Waals surface area contributed by atoms with E-state index in [0.717, 1.165) is 31.4 Å². The molecule has 5 nitrogen and oxygen atoms in total. The van der Waals surface area contributed by atoms with E-state index < -0.39 is 0 Å². The number of hydrogen-bond acceptors (Lipinski definition) is 4. The van der Waals surface area contributed by atoms with Crippen molar-refractivity contribution in [1.29, 1.82) is 0 Å². The van der Waals surface area contributed by atoms with Crippen LogP contribution in [0.25, 0.3) is 0 Å². The van der Waals surface area contributed by atoms with Gasteiger partial charge in [0, 0.05) is 11.6 Å². The lowest BCUT2D eigenvalue weighted by molar-refractivity contribution is -0.120. The second-order valence-electron chi connectivity index (χ2n) is 6.49. The number of carbonyl (C=O) groups is 1. The summed E-state index contributed by atoms with van der Waals surface area (Å²) >= 11 is 0. The Morgan fingerprint density at radius 2 is 1.96 bits per heavy atom. The Morgan fingerprint density at radius 3 is 2.61 bits per heavy atom. The van der Waals surface area contributed by atoms with Gasteiger partial charge >= 0.3 is 0 Å². The molecule has 3 rings (SSSR count). The average Bonchev–Trinajstić information content (AvgIpc) is 3.00. The highest BCUT2D eigenvalue weighted by Gasteiger charge is 2.21. The molecule has 2 aliphatic rings. The van der Waals surface area contributed by atoms with Crippen LogP contribution in [0.2, 0.25) is 0 Å². The Labute approximate surface area is 137 Å². The maximum absolute atomic E-state index is 12.2. The minimum absolute atomic E-state index is 0.167. The number of hydrogen-bond donors (Lipinski definition) is 2. The zero-order valence-corrected chi connectivity index (χ0v) is 13.5. The van der Waals surface area contributed by atoms with Gasteiger partial charge in [-0.15, -0.1) is 0 Å². The Balaban J connectivity index is 1.47. The van der Waals surface area contributed by atoms with Crippen molar-refractivity contribution in [3.05, 3.63) is 29.8 Å². The standard InChI is InChI=1S/C18H25N3O2/c19-18-21-16(12-23-18)11-8-13-6-9-15(10-7-13)20-17(22)14-4-2-1-3-5-14/h6-7,9-10,14,16H,1-5,8,11-12H2,(H2,19,21)(H,20,22). The summed E-state index contributed by atoms with van der Waals surface area (Å²) in [5.41, 5.74) is 7.63. The lowest BCUT2D eigenvalue weighted by atomic mass is 9.88. The maximum atomic E-state index is 12.2. The molecule has 0 bridgehead atoms. The quantitative estimate of drug-likeness (QED) is 0.877. The van der Waals surface area contributed by atoms with Crippen molar-refractivity contribution in [2.45, 2.75) is 51.0 Å². The fraction of sp³-hybridized carbons (Fsp3) is 0.556. The predicted molar refractivity (Wildman–Crippen MR) is 91.3 cm³/mol. The van der Waals surface area contributed by atoms with Crippen LogP contribution in [0, 0.1) is 5.92 Å². The molecule has 0 saturated heterocycles. The molecule has 1 aliphatic heterocycles. The lowest BCUT2D eigenvalue weighted by Gasteiger charge is -2.20. The van der Waals surface area contributed by atoms with Crippen molar-refractivity contribution < 1.29 is 9.53 Å². The van der Waals surface area contributed by atoms with Gasteiger partial charge < -0.3 is 15.8 Å². The number of aliphatic imine (C=N–C) groups is 1. The van der Waals surface area contributed by atoms with Gasteiger partial charge in [0.1, 0.15) is 6.61 Å². The topological polar surface area (TPSA) is 76.7 Å². The van der Waals surface area contributed by atoms with Crippen LogP contribution >= 0.6 is 0 Å². The summed E-state index contributed by atoms with van der Waals surface area (Å²) in [6.45, 7) is 0.585. The highest BCUT2D eigenvalue weighted by molar-refractivity contribution is 5.92. The number of nitrogens with two attached hydrogens (primary N) is 1. The Bertz CT molecular complexity index is 562. The highest BCUT2D eigenvalue weighted by atomic mass is 16.5. The molecule has 1 fully saturated rings. The van der Waals surface area contributed by atoms with Crippen LogP contribution < -0.4 is 11.1 Å². The van der Waals surface area contributed by atoms with Gasteiger partial charge in [-0.1, -0.05) is 31.4 Å². The number of rotatable bonds is 5. The normalized spacial score (nSPS) is 21.6. The predicted octanol–water partition coefficient (Wildman–Crippen LogP) is 2.85. The van der Waals surface area contributed by atoms with Crippen LogP contribution in [0.5, 0.6) is 0 Å². The first-order chi connectivity index (χ1) is 11.2. The summed E-state index contributed by atoms with van der Waals surface area (Å²) in [6.07, 6.45) is 7.52. The van der Waals surface area contributed by atoms with E-state index in [1.807, 2.05) is 12.1 Å². The van der Waals surface area contributed by atoms with Gasteiger partial charge in [0.2, 0.25) is 5.91 Å². The van der Waals surface area contributed by atoms with E-state index in [2.05, 4.69) is 22.4 Å². The fourth-order valence-electron chi connectivity index (χ4n) is 3.28. The minimum atomic E-state index is 0.167. The molecule has 5 heteroatoms. The van der Waals surface area contributed by atoms with Crippen LogP contribution in [0.1, 0.15) is 44.1 Å². The number of nitrogens with one attached hydrogen (secondary N) is 1. The molecule has 1 amide bonds. The SMILES string of the molecule is NC1=NC(CCc2ccc(NC(=O)C3CCCCC3)cc2)CO1. The smallest absolute Gasteiger partial charge is 0.282 e. The number of anilines is 1. The minimum Gasteiger partial charge on any atom is -0.463 e. The molecular weight excluding hydrogens is 290 g/mol. The maximum Gasteiger partial charge on any atom is 0.282 e. The van der Waals surface area contributed by atoms with Crippen molar-refractivity contribution in [2.75, 3.05) is 11.9 Å². The number of amidine groups is 1. The number of benzene rings is 1. The van der Waals surface area contributed by atoms with Crippen LogP contribution in [-0.4, -0.2) is 24.6 Å². The molecule has 1 atom stereocenters. The summed E-state index contributed by atoms with van der Waals surface area (Å²) in [6, 6.07) is 8.58. The summed E-state index contributed by atoms with van der Waals surface area (Å²) in [5, 5.41) is 3.04. The van der Waals surface area contributed by atoms with E-state index in [0.29, 0.717) is 12.6 Å². The van der Waals surface area contributed by atoms with E-state index in [9.17, 15) is 4.79 Å². The fourth-order valence-corrected chi connectivity index (χ4v) is 3.28. The van der Waals surface area contributed by atoms with Crippen LogP contribution in [0.4, 0.5) is 5.69 Å². The Kier molecular flexibility index (Phi) is 5.16. The van der Waals surface area contributed by atoms with Gasteiger partial charge in [0.05, 0.1) is 6.04 Å². The molecule has 1 heterocycles. The van der Waals surface area contributed by atoms with Crippen molar-refractivity contribution >= 4 is 17.6 Å². The Hall–Kier alpha value is -2.04. The number of nitrogens with zero attached hydrogens (tertiary/aromatic N) is 1. The zero-order valence-electron chi connectivity index (χ0n) is 13.5. The van der Waals surface area contributed by atoms with Crippen molar-refractivity contribution in [3.63, 3.8) is 0 Å². The molecule has 3 N–H and O–H groups in total. The summed E-state index contributed by atoms with van der Waals surface area (Å²) in [5.74, 6) is 0.361. The summed E-state index contributed by atoms with van der Waals surface area (Å²) in [7, 11) is 0. The van der Waals surface area contributed by atoms with Crippen LogP contribution in [0.3, 0.4) is 0 Å². The first-order valence-electron chi connectivity index (χ1n) is 8.56. The van der Waals surface area contributed by atoms with Gasteiger partial charge in [-0.05, 0) is 43.4 Å². The van der Waals surface area contributed by atoms with E-state index in [-0.39, 0.29) is 17.9 Å². The zero-order chi connectivity index (χ0) is 16.1. The first-order valence-corrected chi connectivity index (χ1v) is 8.56. The van der Waals surface area contributed by atoms with Crippen LogP contribution in [0.15, 0.2) is 29.3 Å². The van der Waals surface area contributed by atoms with Gasteiger partial charge in [-0.25, -0.2) is 4.99 Å². The third-order valence-corrected chi connectivity index (χ3v) is 4.70. The number of ether oxygens (including phenoxy) is 1. The van der Waals surface area contributed by atoms with Crippen molar-refractivity contribution in [3.8, 4) is 0 Å². The van der Waals surface area contributed by atoms with Crippen LogP contribution in [-0.2, 0) is 16.0 Å². The van der Waals surface area contributed by atoms with E-state index >= 15 is 0 Å². The van der Waals surface area contributed by atoms with E-state index in [1.165, 1.54) is 24.8 Å². The monoisotopic (exact) mass is 315 g/mol. The van der Waals surface area contributed by atoms with Gasteiger partial charge in [-0.3, -0.25) is 4.79 Å². The number of amides is 1. The molecule has 0 aromatic heterocycles. The van der Waals surface area contributed by atoms with E-state index in [1.54, 1.807) is 0 Å². The average molecular weight is 315 g/mol. The second-order valence-corrected chi connectivity index (χ2v) is 6.49. The summed E-state index contributed by atoms with van der Waals surface area (Å²) in [4.78, 5) is 16.5. The summed E-state index contributed by atoms with van der Waals surface area (Å²) < 4.78 is 5.15. The molecule has 1 aliphatic carbocycles. The third kappa shape index (κ3) is 4.47. The Morgan fingerprint density at radius 1 is 1.22 bits per heavy atom. The lowest BCUT2D eigenvalue weighted by Crippen LogP contribution is -2.24. The second kappa shape index (κ2) is 7.49. The molecule has 0 spiro atoms. The molecule has 1 unspecified atom stereocenters. The molecule has 0 radical (unpaired) electrons. The van der Waals surface area contributed by atoms with Gasteiger partial charge in [0.25, 0.3) is 6.02 Å². The number of carbonyl (C=O) groups excluding carboxylic acids is 1. The first kappa shape index (κ1) is 15.8. The molecule has 124 valence electrons. The third-order valence-electron chi connectivity index (χ3n) is 4.70. The largest absolute Gasteiger partial charge is 0.463 e. The molecular formula is C18H25N3O2. The van der Waals surface area contributed by atoms with Gasteiger partial charge in [-0.2, -0.15) is 0 Å².